The highest BCUT2D eigenvalue weighted by Gasteiger charge is 2.22. The molecule has 84 valence electrons. The lowest BCUT2D eigenvalue weighted by Crippen LogP contribution is -2.46. The van der Waals surface area contributed by atoms with Gasteiger partial charge in [0.05, 0.1) is 0 Å². The number of H-pyrrole nitrogens is 2. The van der Waals surface area contributed by atoms with Gasteiger partial charge in [-0.1, -0.05) is 6.92 Å². The van der Waals surface area contributed by atoms with Gasteiger partial charge >= 0.3 is 11.4 Å². The van der Waals surface area contributed by atoms with E-state index in [2.05, 4.69) is 22.4 Å². The predicted octanol–water partition coefficient (Wildman–Crippen LogP) is -0.747. The first-order valence-electron chi connectivity index (χ1n) is 5.29. The number of hydrogen-bond donors (Lipinski definition) is 3. The normalized spacial score (nSPS) is 26.7. The van der Waals surface area contributed by atoms with Gasteiger partial charge in [0, 0.05) is 12.6 Å². The van der Waals surface area contributed by atoms with E-state index in [9.17, 15) is 9.59 Å². The van der Waals surface area contributed by atoms with Crippen LogP contribution in [0.2, 0.25) is 0 Å². The van der Waals surface area contributed by atoms with Crippen molar-refractivity contribution in [3.05, 3.63) is 21.0 Å². The summed E-state index contributed by atoms with van der Waals surface area (Å²) in [5.41, 5.74) is -0.723. The average molecular weight is 212 g/mol. The lowest BCUT2D eigenvalue weighted by atomic mass is 9.93. The number of aromatic nitrogens is 3. The van der Waals surface area contributed by atoms with Crippen molar-refractivity contribution in [2.24, 2.45) is 5.92 Å². The van der Waals surface area contributed by atoms with Crippen LogP contribution in [0.1, 0.15) is 19.8 Å². The Morgan fingerprint density at radius 2 is 2.00 bits per heavy atom. The van der Waals surface area contributed by atoms with Gasteiger partial charge < -0.3 is 5.32 Å². The van der Waals surface area contributed by atoms with E-state index in [1.165, 1.54) is 4.57 Å². The summed E-state index contributed by atoms with van der Waals surface area (Å²) in [6.07, 6.45) is 2.31. The number of nitrogens with one attached hydrogen (secondary N) is 3. The molecule has 1 aliphatic rings. The highest BCUT2D eigenvalue weighted by atomic mass is 16.2. The molecule has 2 unspecified atom stereocenters. The molecule has 0 bridgehead atoms. The molecule has 1 aliphatic heterocycles. The molecule has 0 spiro atoms. The number of rotatable bonds is 2. The topological polar surface area (TPSA) is 82.7 Å². The maximum Gasteiger partial charge on any atom is 0.344 e. The van der Waals surface area contributed by atoms with Gasteiger partial charge in [0.15, 0.2) is 0 Å². The summed E-state index contributed by atoms with van der Waals surface area (Å²) in [7, 11) is 0. The van der Waals surface area contributed by atoms with Crippen LogP contribution in [0.5, 0.6) is 0 Å². The van der Waals surface area contributed by atoms with Crippen molar-refractivity contribution in [2.45, 2.75) is 32.4 Å². The molecule has 0 aromatic carbocycles. The summed E-state index contributed by atoms with van der Waals surface area (Å²) in [5, 5.41) is 7.90. The zero-order valence-electron chi connectivity index (χ0n) is 8.75. The molecule has 1 saturated heterocycles. The molecule has 15 heavy (non-hydrogen) atoms. The van der Waals surface area contributed by atoms with E-state index in [-0.39, 0.29) is 17.4 Å². The monoisotopic (exact) mass is 212 g/mol. The van der Waals surface area contributed by atoms with Crippen molar-refractivity contribution in [1.82, 2.24) is 20.1 Å². The van der Waals surface area contributed by atoms with Gasteiger partial charge in [-0.15, -0.1) is 0 Å². The van der Waals surface area contributed by atoms with E-state index in [0.717, 1.165) is 19.4 Å². The number of nitrogens with zero attached hydrogens (tertiary/aromatic N) is 1. The van der Waals surface area contributed by atoms with Gasteiger partial charge in [0.25, 0.3) is 0 Å². The molecule has 0 radical (unpaired) electrons. The van der Waals surface area contributed by atoms with Gasteiger partial charge in [-0.3, -0.25) is 0 Å². The molecule has 0 amide bonds. The Morgan fingerprint density at radius 1 is 1.33 bits per heavy atom. The quantitative estimate of drug-likeness (QED) is 0.603. The van der Waals surface area contributed by atoms with E-state index in [0.29, 0.717) is 12.5 Å². The van der Waals surface area contributed by atoms with Crippen molar-refractivity contribution in [2.75, 3.05) is 6.54 Å². The lowest BCUT2D eigenvalue weighted by molar-refractivity contribution is 0.269. The molecule has 0 saturated carbocycles. The molecular formula is C9H16N4O2. The molecule has 2 heterocycles. The van der Waals surface area contributed by atoms with Gasteiger partial charge in [0.1, 0.15) is 0 Å². The van der Waals surface area contributed by atoms with E-state index in [1.54, 1.807) is 0 Å². The fourth-order valence-corrected chi connectivity index (χ4v) is 2.05. The van der Waals surface area contributed by atoms with Crippen LogP contribution in [0, 0.1) is 5.92 Å². The third-order valence-corrected chi connectivity index (χ3v) is 3.08. The zero-order chi connectivity index (χ0) is 10.8. The summed E-state index contributed by atoms with van der Waals surface area (Å²) in [5.74, 6) is 0.500. The van der Waals surface area contributed by atoms with Gasteiger partial charge in [-0.2, -0.15) is 0 Å². The molecule has 1 aromatic rings. The van der Waals surface area contributed by atoms with Crippen LogP contribution < -0.4 is 16.7 Å². The van der Waals surface area contributed by atoms with Crippen molar-refractivity contribution >= 4 is 0 Å². The average Bonchev–Trinajstić information content (AvgIpc) is 2.53. The third-order valence-electron chi connectivity index (χ3n) is 3.08. The Kier molecular flexibility index (Phi) is 2.77. The summed E-state index contributed by atoms with van der Waals surface area (Å²) in [4.78, 5) is 22.5. The van der Waals surface area contributed by atoms with E-state index < -0.39 is 0 Å². The Labute approximate surface area is 86.7 Å². The van der Waals surface area contributed by atoms with Crippen LogP contribution in [0.25, 0.3) is 0 Å². The summed E-state index contributed by atoms with van der Waals surface area (Å²) < 4.78 is 1.21. The van der Waals surface area contributed by atoms with Crippen molar-refractivity contribution < 1.29 is 0 Å². The second kappa shape index (κ2) is 4.06. The fourth-order valence-electron chi connectivity index (χ4n) is 2.05. The van der Waals surface area contributed by atoms with Crippen molar-refractivity contribution in [3.8, 4) is 0 Å². The second-order valence-corrected chi connectivity index (χ2v) is 4.15. The molecule has 0 aliphatic carbocycles. The minimum atomic E-state index is -0.362. The molecule has 3 N–H and O–H groups in total. The summed E-state index contributed by atoms with van der Waals surface area (Å²) in [6, 6.07) is 0.216. The van der Waals surface area contributed by atoms with Crippen LogP contribution >= 0.6 is 0 Å². The molecule has 1 fully saturated rings. The van der Waals surface area contributed by atoms with Crippen molar-refractivity contribution in [3.63, 3.8) is 0 Å². The first kappa shape index (κ1) is 10.2. The van der Waals surface area contributed by atoms with Gasteiger partial charge in [-0.05, 0) is 25.3 Å². The molecule has 6 nitrogen and oxygen atoms in total. The number of piperidine rings is 1. The van der Waals surface area contributed by atoms with Crippen LogP contribution in [0.3, 0.4) is 0 Å². The van der Waals surface area contributed by atoms with Crippen LogP contribution in [-0.2, 0) is 6.54 Å². The minimum Gasteiger partial charge on any atom is -0.312 e. The Bertz CT molecular complexity index is 402. The van der Waals surface area contributed by atoms with Gasteiger partial charge in [0.2, 0.25) is 0 Å². The maximum atomic E-state index is 11.3. The smallest absolute Gasteiger partial charge is 0.312 e. The Balaban J connectivity index is 2.14. The Morgan fingerprint density at radius 3 is 2.60 bits per heavy atom. The summed E-state index contributed by atoms with van der Waals surface area (Å²) in [6.45, 7) is 3.55. The molecule has 2 rings (SSSR count). The minimum absolute atomic E-state index is 0.216. The standard InChI is InChI=1S/C9H16N4O2/c1-6-3-2-4-10-7(6)5-13-8(14)11-12-9(13)15/h6-7,10H,2-5H2,1H3,(H,11,14)(H,12,15). The predicted molar refractivity (Wildman–Crippen MR) is 55.9 cm³/mol. The zero-order valence-corrected chi connectivity index (χ0v) is 8.75. The first-order valence-corrected chi connectivity index (χ1v) is 5.29. The van der Waals surface area contributed by atoms with E-state index in [4.69, 9.17) is 0 Å². The molecule has 6 heteroatoms. The molecular weight excluding hydrogens is 196 g/mol. The third kappa shape index (κ3) is 2.04. The summed E-state index contributed by atoms with van der Waals surface area (Å²) >= 11 is 0. The Hall–Kier alpha value is -1.30. The van der Waals surface area contributed by atoms with Crippen LogP contribution in [0.4, 0.5) is 0 Å². The SMILES string of the molecule is CC1CCCNC1Cn1c(=O)[nH][nH]c1=O. The van der Waals surface area contributed by atoms with Crippen LogP contribution in [0.15, 0.2) is 9.59 Å². The maximum absolute atomic E-state index is 11.3. The fraction of sp³-hybridized carbons (Fsp3) is 0.778. The van der Waals surface area contributed by atoms with E-state index in [1.807, 2.05) is 0 Å². The van der Waals surface area contributed by atoms with Crippen molar-refractivity contribution in [1.29, 1.82) is 0 Å². The highest BCUT2D eigenvalue weighted by molar-refractivity contribution is 4.80. The highest BCUT2D eigenvalue weighted by Crippen LogP contribution is 2.15. The number of aromatic amines is 2. The number of hydrogen-bond acceptors (Lipinski definition) is 3. The first-order chi connectivity index (χ1) is 7.18. The van der Waals surface area contributed by atoms with Crippen LogP contribution in [-0.4, -0.2) is 27.4 Å². The van der Waals surface area contributed by atoms with Gasteiger partial charge in [-0.25, -0.2) is 24.4 Å². The largest absolute Gasteiger partial charge is 0.344 e. The van der Waals surface area contributed by atoms with E-state index >= 15 is 0 Å². The molecule has 1 aromatic heterocycles. The second-order valence-electron chi connectivity index (χ2n) is 4.15. The lowest BCUT2D eigenvalue weighted by Gasteiger charge is -2.29. The molecule has 2 atom stereocenters.